The molecule has 38 heavy (non-hydrogen) atoms. The van der Waals surface area contributed by atoms with E-state index in [0.717, 1.165) is 52.9 Å². The molecule has 0 spiro atoms. The molecular formula is C33H31Br2NO2. The van der Waals surface area contributed by atoms with E-state index in [2.05, 4.69) is 91.4 Å². The van der Waals surface area contributed by atoms with E-state index in [0.29, 0.717) is 13.0 Å². The van der Waals surface area contributed by atoms with E-state index in [-0.39, 0.29) is 0 Å². The summed E-state index contributed by atoms with van der Waals surface area (Å²) in [5.41, 5.74) is 1.64. The zero-order valence-electron chi connectivity index (χ0n) is 21.8. The molecule has 0 fully saturated rings. The molecule has 5 rings (SSSR count). The van der Waals surface area contributed by atoms with Crippen LogP contribution in [0.25, 0.3) is 21.5 Å². The molecule has 0 saturated carbocycles. The summed E-state index contributed by atoms with van der Waals surface area (Å²) < 4.78 is 7.97. The number of nitrogens with zero attached hydrogens (tertiary/aromatic N) is 1. The quantitative estimate of drug-likeness (QED) is 0.186. The third-order valence-electron chi connectivity index (χ3n) is 7.34. The highest BCUT2D eigenvalue weighted by Crippen LogP contribution is 2.51. The van der Waals surface area contributed by atoms with E-state index < -0.39 is 11.5 Å². The summed E-state index contributed by atoms with van der Waals surface area (Å²) in [6, 6.07) is 33.2. The number of hydrogen-bond acceptors (Lipinski definition) is 3. The van der Waals surface area contributed by atoms with Crippen molar-refractivity contribution in [2.75, 3.05) is 27.7 Å². The van der Waals surface area contributed by atoms with Crippen molar-refractivity contribution in [3.63, 3.8) is 0 Å². The van der Waals surface area contributed by atoms with Crippen molar-refractivity contribution >= 4 is 53.4 Å². The van der Waals surface area contributed by atoms with Crippen LogP contribution >= 0.6 is 31.9 Å². The van der Waals surface area contributed by atoms with Crippen LogP contribution in [0.2, 0.25) is 0 Å². The number of aliphatic hydroxyl groups is 1. The van der Waals surface area contributed by atoms with E-state index in [1.807, 2.05) is 56.6 Å². The van der Waals surface area contributed by atoms with Gasteiger partial charge < -0.3 is 14.7 Å². The number of halogens is 2. The predicted molar refractivity (Wildman–Crippen MR) is 165 cm³/mol. The van der Waals surface area contributed by atoms with Crippen molar-refractivity contribution in [3.05, 3.63) is 123 Å². The van der Waals surface area contributed by atoms with Crippen molar-refractivity contribution in [2.45, 2.75) is 17.9 Å². The van der Waals surface area contributed by atoms with Gasteiger partial charge in [0.15, 0.2) is 0 Å². The van der Waals surface area contributed by atoms with Crippen LogP contribution in [-0.2, 0) is 5.60 Å². The van der Waals surface area contributed by atoms with Crippen molar-refractivity contribution < 1.29 is 9.84 Å². The Hall–Kier alpha value is -2.70. The molecule has 2 atom stereocenters. The molecule has 5 aromatic carbocycles. The van der Waals surface area contributed by atoms with E-state index in [1.165, 1.54) is 0 Å². The fourth-order valence-corrected chi connectivity index (χ4v) is 6.68. The maximum atomic E-state index is 13.1. The van der Waals surface area contributed by atoms with Gasteiger partial charge in [0.1, 0.15) is 11.4 Å². The highest BCUT2D eigenvalue weighted by molar-refractivity contribution is 9.11. The lowest BCUT2D eigenvalue weighted by molar-refractivity contribution is 0.00532. The van der Waals surface area contributed by atoms with Gasteiger partial charge in [-0.1, -0.05) is 94.8 Å². The molecule has 194 valence electrons. The van der Waals surface area contributed by atoms with Gasteiger partial charge >= 0.3 is 0 Å². The minimum Gasteiger partial charge on any atom is -0.495 e. The lowest BCUT2D eigenvalue weighted by Gasteiger charge is -2.40. The predicted octanol–water partition coefficient (Wildman–Crippen LogP) is 8.50. The lowest BCUT2D eigenvalue weighted by Crippen LogP contribution is -2.38. The maximum Gasteiger partial charge on any atom is 0.137 e. The molecule has 1 N–H and O–H groups in total. The largest absolute Gasteiger partial charge is 0.495 e. The van der Waals surface area contributed by atoms with E-state index in [1.54, 1.807) is 7.11 Å². The van der Waals surface area contributed by atoms with Crippen LogP contribution in [0.5, 0.6) is 5.75 Å². The Bertz CT molecular complexity index is 1580. The molecule has 3 nitrogen and oxygen atoms in total. The van der Waals surface area contributed by atoms with Gasteiger partial charge in [0.05, 0.1) is 11.6 Å². The average molecular weight is 633 g/mol. The van der Waals surface area contributed by atoms with Crippen LogP contribution in [0.15, 0.2) is 106 Å². The van der Waals surface area contributed by atoms with Crippen LogP contribution in [0, 0.1) is 0 Å². The Kier molecular flexibility index (Phi) is 7.92. The van der Waals surface area contributed by atoms with Crippen LogP contribution < -0.4 is 4.74 Å². The second kappa shape index (κ2) is 11.2. The van der Waals surface area contributed by atoms with Gasteiger partial charge in [0.25, 0.3) is 0 Å². The smallest absolute Gasteiger partial charge is 0.137 e. The molecule has 0 radical (unpaired) electrons. The second-order valence-corrected chi connectivity index (χ2v) is 11.7. The molecule has 0 aliphatic rings. The van der Waals surface area contributed by atoms with E-state index in [4.69, 9.17) is 4.74 Å². The molecule has 5 heteroatoms. The summed E-state index contributed by atoms with van der Waals surface area (Å²) in [4.78, 5) is 2.13. The minimum absolute atomic E-state index is 0.399. The van der Waals surface area contributed by atoms with Gasteiger partial charge in [-0.2, -0.15) is 0 Å². The first kappa shape index (κ1) is 26.9. The van der Waals surface area contributed by atoms with Gasteiger partial charge in [0.2, 0.25) is 0 Å². The van der Waals surface area contributed by atoms with Gasteiger partial charge in [-0.3, -0.25) is 0 Å². The third-order valence-corrected chi connectivity index (χ3v) is 8.62. The van der Waals surface area contributed by atoms with Crippen LogP contribution in [0.4, 0.5) is 0 Å². The minimum atomic E-state index is -1.24. The second-order valence-electron chi connectivity index (χ2n) is 10.0. The summed E-state index contributed by atoms with van der Waals surface area (Å²) in [6.45, 7) is 0.714. The number of fused-ring (bicyclic) bond motifs is 2. The zero-order chi connectivity index (χ0) is 26.9. The van der Waals surface area contributed by atoms with Crippen LogP contribution in [0.3, 0.4) is 0 Å². The van der Waals surface area contributed by atoms with Crippen molar-refractivity contribution in [1.82, 2.24) is 4.90 Å². The molecule has 0 aliphatic carbocycles. The first-order valence-corrected chi connectivity index (χ1v) is 14.3. The summed E-state index contributed by atoms with van der Waals surface area (Å²) in [6.07, 6.45) is 0.533. The molecule has 0 unspecified atom stereocenters. The van der Waals surface area contributed by atoms with Gasteiger partial charge in [-0.25, -0.2) is 0 Å². The SMILES string of the molecule is COc1c([C@@H](c2ccccc2)[C@](O)(CCN(C)C)c2cccc3ccccc23)cc2cc(Br)ccc2c1Br. The molecule has 0 bridgehead atoms. The molecule has 0 saturated heterocycles. The normalized spacial score (nSPS) is 14.1. The summed E-state index contributed by atoms with van der Waals surface area (Å²) in [7, 11) is 5.80. The first-order valence-electron chi connectivity index (χ1n) is 12.7. The monoisotopic (exact) mass is 631 g/mol. The number of hydrogen-bond donors (Lipinski definition) is 1. The summed E-state index contributed by atoms with van der Waals surface area (Å²) in [5, 5.41) is 17.4. The summed E-state index contributed by atoms with van der Waals surface area (Å²) in [5.74, 6) is 0.335. The summed E-state index contributed by atoms with van der Waals surface area (Å²) >= 11 is 7.49. The Balaban J connectivity index is 1.87. The molecular weight excluding hydrogens is 602 g/mol. The Morgan fingerprint density at radius 2 is 1.53 bits per heavy atom. The number of rotatable bonds is 8. The molecule has 0 heterocycles. The first-order chi connectivity index (χ1) is 18.3. The Morgan fingerprint density at radius 3 is 2.26 bits per heavy atom. The molecule has 5 aromatic rings. The van der Waals surface area contributed by atoms with E-state index >= 15 is 0 Å². The van der Waals surface area contributed by atoms with Crippen molar-refractivity contribution in [2.24, 2.45) is 0 Å². The Morgan fingerprint density at radius 1 is 0.816 bits per heavy atom. The highest BCUT2D eigenvalue weighted by atomic mass is 79.9. The van der Waals surface area contributed by atoms with E-state index in [9.17, 15) is 5.11 Å². The van der Waals surface area contributed by atoms with Crippen LogP contribution in [-0.4, -0.2) is 37.8 Å². The fraction of sp³-hybridized carbons (Fsp3) is 0.212. The fourth-order valence-electron chi connectivity index (χ4n) is 5.55. The maximum absolute atomic E-state index is 13.1. The molecule has 0 aromatic heterocycles. The average Bonchev–Trinajstić information content (AvgIpc) is 2.92. The van der Waals surface area contributed by atoms with Crippen molar-refractivity contribution in [1.29, 1.82) is 0 Å². The van der Waals surface area contributed by atoms with Crippen molar-refractivity contribution in [3.8, 4) is 5.75 Å². The lowest BCUT2D eigenvalue weighted by atomic mass is 9.70. The topological polar surface area (TPSA) is 32.7 Å². The number of ether oxygens (including phenoxy) is 1. The van der Waals surface area contributed by atoms with Crippen LogP contribution in [0.1, 0.15) is 29.0 Å². The molecule has 0 amide bonds. The number of methoxy groups -OCH3 is 1. The Labute approximate surface area is 241 Å². The van der Waals surface area contributed by atoms with Gasteiger partial charge in [0, 0.05) is 22.5 Å². The zero-order valence-corrected chi connectivity index (χ0v) is 25.0. The third kappa shape index (κ3) is 5.01. The highest BCUT2D eigenvalue weighted by Gasteiger charge is 2.43. The van der Waals surface area contributed by atoms with Gasteiger partial charge in [-0.05, 0) is 87.3 Å². The van der Waals surface area contributed by atoms with Gasteiger partial charge in [-0.15, -0.1) is 0 Å². The standard InChI is InChI=1S/C33H31Br2NO2/c1-36(2)19-18-33(37,29-15-9-13-22-10-7-8-14-26(22)29)30(23-11-5-4-6-12-23)28-21-24-20-25(34)16-17-27(24)31(35)32(28)38-3/h4-17,20-21,30,37H,18-19H2,1-3H3/t30-,33+/m1/s1. The number of benzene rings is 5. The molecule has 0 aliphatic heterocycles.